The van der Waals surface area contributed by atoms with Crippen molar-refractivity contribution in [2.75, 3.05) is 7.11 Å². The van der Waals surface area contributed by atoms with Crippen molar-refractivity contribution in [2.45, 2.75) is 13.5 Å². The standard InChI is InChI=1S/C26H21N3O3/c1-17-13-20(19-11-7-4-8-12-19)22-21(14-17)24(32-15-18-9-5-3-6-10-18)23(26(30)31-2)29-25(22)27-16-28-29/h3-14,16H,15H2,1-2H3. The van der Waals surface area contributed by atoms with E-state index in [-0.39, 0.29) is 5.69 Å². The van der Waals surface area contributed by atoms with Crippen molar-refractivity contribution in [1.82, 2.24) is 14.6 Å². The average Bonchev–Trinajstić information content (AvgIpc) is 3.32. The molecule has 0 unspecified atom stereocenters. The minimum absolute atomic E-state index is 0.216. The van der Waals surface area contributed by atoms with Gasteiger partial charge in [-0.3, -0.25) is 0 Å². The molecular weight excluding hydrogens is 402 g/mol. The normalized spacial score (nSPS) is 11.1. The summed E-state index contributed by atoms with van der Waals surface area (Å²) in [5.74, 6) is -0.109. The van der Waals surface area contributed by atoms with Gasteiger partial charge in [-0.05, 0) is 35.2 Å². The van der Waals surface area contributed by atoms with Crippen LogP contribution in [0.3, 0.4) is 0 Å². The number of pyridine rings is 1. The van der Waals surface area contributed by atoms with Gasteiger partial charge in [-0.15, -0.1) is 0 Å². The summed E-state index contributed by atoms with van der Waals surface area (Å²) < 4.78 is 12.9. The van der Waals surface area contributed by atoms with Crippen LogP contribution in [0.1, 0.15) is 21.6 Å². The number of aryl methyl sites for hydroxylation is 1. The highest BCUT2D eigenvalue weighted by Crippen LogP contribution is 2.39. The van der Waals surface area contributed by atoms with Crippen molar-refractivity contribution in [1.29, 1.82) is 0 Å². The van der Waals surface area contributed by atoms with Crippen LogP contribution in [0.4, 0.5) is 0 Å². The average molecular weight is 423 g/mol. The first-order chi connectivity index (χ1) is 15.7. The SMILES string of the molecule is COC(=O)c1c(OCc2ccccc2)c2cc(C)cc(-c3ccccc3)c2c2ncnn12. The quantitative estimate of drug-likeness (QED) is 0.363. The van der Waals surface area contributed by atoms with E-state index in [4.69, 9.17) is 9.47 Å². The third-order valence-corrected chi connectivity index (χ3v) is 5.42. The number of hydrogen-bond acceptors (Lipinski definition) is 5. The van der Waals surface area contributed by atoms with E-state index in [1.807, 2.05) is 61.5 Å². The van der Waals surface area contributed by atoms with Gasteiger partial charge in [-0.25, -0.2) is 14.3 Å². The molecule has 3 aromatic carbocycles. The summed E-state index contributed by atoms with van der Waals surface area (Å²) in [5.41, 5.74) is 4.87. The molecule has 0 N–H and O–H groups in total. The number of carbonyl (C=O) groups is 1. The number of methoxy groups -OCH3 is 1. The summed E-state index contributed by atoms with van der Waals surface area (Å²) in [5, 5.41) is 6.00. The lowest BCUT2D eigenvalue weighted by Gasteiger charge is -2.17. The van der Waals surface area contributed by atoms with E-state index in [1.165, 1.54) is 18.0 Å². The number of fused-ring (bicyclic) bond motifs is 3. The smallest absolute Gasteiger partial charge is 0.360 e. The van der Waals surface area contributed by atoms with Gasteiger partial charge in [-0.2, -0.15) is 5.10 Å². The summed E-state index contributed by atoms with van der Waals surface area (Å²) in [7, 11) is 1.35. The van der Waals surface area contributed by atoms with Crippen LogP contribution in [0.2, 0.25) is 0 Å². The zero-order valence-corrected chi connectivity index (χ0v) is 17.8. The fourth-order valence-corrected chi connectivity index (χ4v) is 4.00. The van der Waals surface area contributed by atoms with Crippen molar-refractivity contribution < 1.29 is 14.3 Å². The Bertz CT molecular complexity index is 1430. The molecule has 6 heteroatoms. The summed E-state index contributed by atoms with van der Waals surface area (Å²) in [6.45, 7) is 2.33. The first kappa shape index (κ1) is 19.8. The van der Waals surface area contributed by atoms with E-state index >= 15 is 0 Å². The third kappa shape index (κ3) is 3.36. The molecule has 32 heavy (non-hydrogen) atoms. The van der Waals surface area contributed by atoms with E-state index in [0.717, 1.165) is 33.0 Å². The molecule has 0 spiro atoms. The number of ether oxygens (including phenoxy) is 2. The van der Waals surface area contributed by atoms with Crippen molar-refractivity contribution in [3.8, 4) is 16.9 Å². The number of carbonyl (C=O) groups excluding carboxylic acids is 1. The molecule has 5 aromatic rings. The van der Waals surface area contributed by atoms with Gasteiger partial charge in [0.1, 0.15) is 12.9 Å². The zero-order valence-electron chi connectivity index (χ0n) is 17.8. The van der Waals surface area contributed by atoms with Crippen LogP contribution in [-0.4, -0.2) is 27.7 Å². The Morgan fingerprint density at radius 1 is 1.00 bits per heavy atom. The Morgan fingerprint density at radius 3 is 2.44 bits per heavy atom. The minimum Gasteiger partial charge on any atom is -0.486 e. The number of rotatable bonds is 5. The van der Waals surface area contributed by atoms with Gasteiger partial charge in [0.15, 0.2) is 17.1 Å². The summed E-state index contributed by atoms with van der Waals surface area (Å²) in [6, 6.07) is 24.1. The second kappa shape index (κ2) is 8.15. The van der Waals surface area contributed by atoms with Crippen LogP contribution in [0.5, 0.6) is 5.75 Å². The van der Waals surface area contributed by atoms with Crippen LogP contribution in [0.15, 0.2) is 79.1 Å². The number of esters is 1. The Kier molecular flexibility index (Phi) is 5.03. The molecule has 2 heterocycles. The number of benzene rings is 3. The molecule has 158 valence electrons. The highest BCUT2D eigenvalue weighted by Gasteiger charge is 2.26. The first-order valence-electron chi connectivity index (χ1n) is 10.3. The Morgan fingerprint density at radius 2 is 1.72 bits per heavy atom. The van der Waals surface area contributed by atoms with Gasteiger partial charge in [0.25, 0.3) is 0 Å². The molecule has 0 aliphatic heterocycles. The Balaban J connectivity index is 1.84. The topological polar surface area (TPSA) is 65.7 Å². The van der Waals surface area contributed by atoms with Gasteiger partial charge >= 0.3 is 5.97 Å². The molecule has 0 amide bonds. The molecule has 0 bridgehead atoms. The van der Waals surface area contributed by atoms with Gasteiger partial charge in [0, 0.05) is 10.8 Å². The highest BCUT2D eigenvalue weighted by atomic mass is 16.5. The molecule has 0 radical (unpaired) electrons. The molecule has 0 aliphatic rings. The summed E-state index contributed by atoms with van der Waals surface area (Å²) in [6.07, 6.45) is 1.44. The zero-order chi connectivity index (χ0) is 22.1. The van der Waals surface area contributed by atoms with Crippen molar-refractivity contribution in [2.24, 2.45) is 0 Å². The second-order valence-electron chi connectivity index (χ2n) is 7.54. The van der Waals surface area contributed by atoms with E-state index in [0.29, 0.717) is 18.0 Å². The van der Waals surface area contributed by atoms with E-state index in [1.54, 1.807) is 0 Å². The number of nitrogens with zero attached hydrogens (tertiary/aromatic N) is 3. The first-order valence-corrected chi connectivity index (χ1v) is 10.3. The maximum Gasteiger partial charge on any atom is 0.360 e. The van der Waals surface area contributed by atoms with E-state index in [9.17, 15) is 4.79 Å². The monoisotopic (exact) mass is 423 g/mol. The van der Waals surface area contributed by atoms with Crippen LogP contribution in [0.25, 0.3) is 27.5 Å². The van der Waals surface area contributed by atoms with Crippen LogP contribution in [0, 0.1) is 6.92 Å². The predicted octanol–water partition coefficient (Wildman–Crippen LogP) is 5.22. The number of hydrogen-bond donors (Lipinski definition) is 0. The number of aromatic nitrogens is 3. The summed E-state index contributed by atoms with van der Waals surface area (Å²) in [4.78, 5) is 17.3. The van der Waals surface area contributed by atoms with Crippen LogP contribution >= 0.6 is 0 Å². The van der Waals surface area contributed by atoms with Crippen molar-refractivity contribution in [3.05, 3.63) is 95.9 Å². The van der Waals surface area contributed by atoms with Crippen molar-refractivity contribution >= 4 is 22.4 Å². The lowest BCUT2D eigenvalue weighted by Crippen LogP contribution is -2.13. The molecule has 0 atom stereocenters. The van der Waals surface area contributed by atoms with Gasteiger partial charge < -0.3 is 9.47 Å². The maximum atomic E-state index is 12.9. The molecule has 6 nitrogen and oxygen atoms in total. The largest absolute Gasteiger partial charge is 0.486 e. The van der Waals surface area contributed by atoms with Crippen molar-refractivity contribution in [3.63, 3.8) is 0 Å². The molecule has 5 rings (SSSR count). The lowest BCUT2D eigenvalue weighted by molar-refractivity contribution is 0.0585. The fourth-order valence-electron chi connectivity index (χ4n) is 4.00. The Labute approximate surface area is 185 Å². The lowest BCUT2D eigenvalue weighted by atomic mass is 9.95. The molecule has 0 fully saturated rings. The Hall–Kier alpha value is -4.19. The fraction of sp³-hybridized carbons (Fsp3) is 0.115. The second-order valence-corrected chi connectivity index (χ2v) is 7.54. The third-order valence-electron chi connectivity index (χ3n) is 5.42. The molecule has 0 aliphatic carbocycles. The van der Waals surface area contributed by atoms with E-state index in [2.05, 4.69) is 28.3 Å². The molecule has 2 aromatic heterocycles. The van der Waals surface area contributed by atoms with Crippen LogP contribution in [-0.2, 0) is 11.3 Å². The molecule has 0 saturated carbocycles. The predicted molar refractivity (Wildman–Crippen MR) is 123 cm³/mol. The maximum absolute atomic E-state index is 12.9. The van der Waals surface area contributed by atoms with Gasteiger partial charge in [0.2, 0.25) is 0 Å². The van der Waals surface area contributed by atoms with Gasteiger partial charge in [0.05, 0.1) is 7.11 Å². The van der Waals surface area contributed by atoms with Crippen LogP contribution < -0.4 is 4.74 Å². The summed E-state index contributed by atoms with van der Waals surface area (Å²) >= 11 is 0. The highest BCUT2D eigenvalue weighted by molar-refractivity contribution is 6.11. The minimum atomic E-state index is -0.534. The molecular formula is C26H21N3O3. The van der Waals surface area contributed by atoms with Gasteiger partial charge in [-0.1, -0.05) is 66.7 Å². The van der Waals surface area contributed by atoms with E-state index < -0.39 is 5.97 Å². The molecule has 0 saturated heterocycles.